The molecule has 0 heterocycles. The fourth-order valence-corrected chi connectivity index (χ4v) is 1.54. The van der Waals surface area contributed by atoms with Crippen LogP contribution in [0, 0.1) is 0 Å². The zero-order chi connectivity index (χ0) is 10.7. The largest absolute Gasteiger partial charge is 0.478 e. The lowest BCUT2D eigenvalue weighted by Gasteiger charge is -2.04. The fraction of sp³-hybridized carbons (Fsp3) is 0. The lowest BCUT2D eigenvalue weighted by atomic mass is 10.0. The zero-order valence-corrected chi connectivity index (χ0v) is 8.05. The molecule has 0 aromatic rings. The van der Waals surface area contributed by atoms with Gasteiger partial charge in [-0.05, 0) is 17.2 Å². The Labute approximate surface area is 87.9 Å². The number of hydrogen-bond acceptors (Lipinski definition) is 1. The summed E-state index contributed by atoms with van der Waals surface area (Å²) in [5.74, 6) is -0.901. The van der Waals surface area contributed by atoms with E-state index in [-0.39, 0.29) is 0 Å². The number of carboxylic acids is 1. The molecule has 0 aliphatic heterocycles. The second-order valence-corrected chi connectivity index (χ2v) is 3.22. The van der Waals surface area contributed by atoms with Gasteiger partial charge in [0.05, 0.1) is 5.57 Å². The normalized spacial score (nSPS) is 18.3. The summed E-state index contributed by atoms with van der Waals surface area (Å²) in [5.41, 5.74) is 1.99. The third-order valence-corrected chi connectivity index (χ3v) is 2.24. The lowest BCUT2D eigenvalue weighted by Crippen LogP contribution is -2.01. The molecule has 0 bridgehead atoms. The highest BCUT2D eigenvalue weighted by Crippen LogP contribution is 2.23. The third kappa shape index (κ3) is 1.89. The molecule has 0 amide bonds. The molecule has 0 atom stereocenters. The predicted molar refractivity (Wildman–Crippen MR) is 59.3 cm³/mol. The van der Waals surface area contributed by atoms with Gasteiger partial charge < -0.3 is 5.11 Å². The number of carbonyl (C=O) groups is 1. The van der Waals surface area contributed by atoms with Gasteiger partial charge in [0.2, 0.25) is 0 Å². The first kappa shape index (κ1) is 9.46. The van der Waals surface area contributed by atoms with Gasteiger partial charge in [-0.1, -0.05) is 48.6 Å². The zero-order valence-electron chi connectivity index (χ0n) is 8.05. The second-order valence-electron chi connectivity index (χ2n) is 3.22. The van der Waals surface area contributed by atoms with E-state index in [0.717, 1.165) is 11.1 Å². The number of fused-ring (bicyclic) bond motifs is 1. The fourth-order valence-electron chi connectivity index (χ4n) is 1.54. The van der Waals surface area contributed by atoms with Gasteiger partial charge >= 0.3 is 5.97 Å². The number of carboxylic acid groups (broad SMARTS) is 1. The van der Waals surface area contributed by atoms with Crippen molar-refractivity contribution in [3.63, 3.8) is 0 Å². The molecule has 0 saturated carbocycles. The quantitative estimate of drug-likeness (QED) is 0.703. The molecule has 2 aliphatic carbocycles. The van der Waals surface area contributed by atoms with Crippen molar-refractivity contribution in [2.45, 2.75) is 0 Å². The summed E-state index contributed by atoms with van der Waals surface area (Å²) in [7, 11) is 0. The average Bonchev–Trinajstić information content (AvgIpc) is 2.51. The Morgan fingerprint density at radius 1 is 0.933 bits per heavy atom. The molecule has 0 aromatic heterocycles. The van der Waals surface area contributed by atoms with Crippen LogP contribution in [0.15, 0.2) is 71.4 Å². The molecule has 15 heavy (non-hydrogen) atoms. The van der Waals surface area contributed by atoms with E-state index >= 15 is 0 Å². The molecule has 0 spiro atoms. The summed E-state index contributed by atoms with van der Waals surface area (Å²) in [4.78, 5) is 11.1. The minimum absolute atomic E-state index is 0.325. The van der Waals surface area contributed by atoms with Crippen LogP contribution in [-0.2, 0) is 4.79 Å². The van der Waals surface area contributed by atoms with Crippen molar-refractivity contribution < 1.29 is 9.90 Å². The molecule has 2 heteroatoms. The average molecular weight is 198 g/mol. The van der Waals surface area contributed by atoms with Gasteiger partial charge in [0.25, 0.3) is 0 Å². The summed E-state index contributed by atoms with van der Waals surface area (Å²) in [6, 6.07) is 0. The van der Waals surface area contributed by atoms with Crippen molar-refractivity contribution in [1.29, 1.82) is 0 Å². The van der Waals surface area contributed by atoms with Gasteiger partial charge in [-0.25, -0.2) is 4.79 Å². The van der Waals surface area contributed by atoms with E-state index in [9.17, 15) is 4.79 Å². The van der Waals surface area contributed by atoms with E-state index in [2.05, 4.69) is 0 Å². The van der Waals surface area contributed by atoms with Gasteiger partial charge in [-0.2, -0.15) is 0 Å². The smallest absolute Gasteiger partial charge is 0.336 e. The summed E-state index contributed by atoms with van der Waals surface area (Å²) in [5, 5.41) is 9.08. The molecule has 0 fully saturated rings. The molecule has 0 saturated heterocycles. The van der Waals surface area contributed by atoms with Crippen molar-refractivity contribution in [1.82, 2.24) is 0 Å². The molecule has 2 aliphatic rings. The highest BCUT2D eigenvalue weighted by atomic mass is 16.4. The van der Waals surface area contributed by atoms with Crippen LogP contribution in [0.25, 0.3) is 0 Å². The first-order chi connectivity index (χ1) is 7.29. The van der Waals surface area contributed by atoms with Gasteiger partial charge in [0.15, 0.2) is 0 Å². The Morgan fingerprint density at radius 2 is 1.67 bits per heavy atom. The van der Waals surface area contributed by atoms with Crippen LogP contribution in [0.5, 0.6) is 0 Å². The van der Waals surface area contributed by atoms with Crippen LogP contribution in [0.1, 0.15) is 0 Å². The van der Waals surface area contributed by atoms with Crippen molar-refractivity contribution in [3.05, 3.63) is 71.4 Å². The molecule has 74 valence electrons. The monoisotopic (exact) mass is 198 g/mol. The Hall–Kier alpha value is -2.09. The third-order valence-electron chi connectivity index (χ3n) is 2.24. The molecule has 0 aromatic carbocycles. The summed E-state index contributed by atoms with van der Waals surface area (Å²) in [6.45, 7) is 0. The van der Waals surface area contributed by atoms with E-state index < -0.39 is 5.97 Å². The first-order valence-corrected chi connectivity index (χ1v) is 4.67. The van der Waals surface area contributed by atoms with E-state index in [1.807, 2.05) is 42.5 Å². The van der Waals surface area contributed by atoms with E-state index in [1.165, 1.54) is 0 Å². The van der Waals surface area contributed by atoms with Crippen molar-refractivity contribution in [3.8, 4) is 0 Å². The molecule has 2 nitrogen and oxygen atoms in total. The maximum absolute atomic E-state index is 11.1. The SMILES string of the molecule is O=C(O)C1=C2C=CC=CC=C2C=CC=C1. The Bertz CT molecular complexity index is 469. The van der Waals surface area contributed by atoms with Crippen LogP contribution in [0.2, 0.25) is 0 Å². The van der Waals surface area contributed by atoms with E-state index in [4.69, 9.17) is 5.11 Å². The molecule has 0 unspecified atom stereocenters. The van der Waals surface area contributed by atoms with E-state index in [0.29, 0.717) is 5.57 Å². The predicted octanol–water partition coefficient (Wildman–Crippen LogP) is 2.55. The highest BCUT2D eigenvalue weighted by Gasteiger charge is 2.13. The standard InChI is InChI=1S/C13H10O2/c14-13(15)12-9-5-4-7-10-6-2-1-3-8-11(10)12/h1-9H,(H,14,15). The number of rotatable bonds is 1. The minimum Gasteiger partial charge on any atom is -0.478 e. The summed E-state index contributed by atoms with van der Waals surface area (Å²) in [6.07, 6.45) is 16.4. The van der Waals surface area contributed by atoms with Gasteiger partial charge in [0, 0.05) is 0 Å². The summed E-state index contributed by atoms with van der Waals surface area (Å²) >= 11 is 0. The topological polar surface area (TPSA) is 37.3 Å². The number of allylic oxidation sites excluding steroid dienone is 10. The van der Waals surface area contributed by atoms with Crippen LogP contribution in [-0.4, -0.2) is 11.1 Å². The minimum atomic E-state index is -0.901. The molecule has 1 N–H and O–H groups in total. The molecular formula is C13H10O2. The van der Waals surface area contributed by atoms with Crippen LogP contribution < -0.4 is 0 Å². The molecule has 0 radical (unpaired) electrons. The van der Waals surface area contributed by atoms with Crippen molar-refractivity contribution in [2.24, 2.45) is 0 Å². The molecule has 2 rings (SSSR count). The van der Waals surface area contributed by atoms with Crippen molar-refractivity contribution in [2.75, 3.05) is 0 Å². The Kier molecular flexibility index (Phi) is 2.50. The highest BCUT2D eigenvalue weighted by molar-refractivity contribution is 5.93. The van der Waals surface area contributed by atoms with Gasteiger partial charge in [-0.3, -0.25) is 0 Å². The van der Waals surface area contributed by atoms with E-state index in [1.54, 1.807) is 12.2 Å². The maximum atomic E-state index is 11.1. The van der Waals surface area contributed by atoms with Gasteiger partial charge in [0.1, 0.15) is 0 Å². The maximum Gasteiger partial charge on any atom is 0.336 e. The van der Waals surface area contributed by atoms with Crippen molar-refractivity contribution >= 4 is 5.97 Å². The second kappa shape index (κ2) is 3.96. The lowest BCUT2D eigenvalue weighted by molar-refractivity contribution is -0.132. The van der Waals surface area contributed by atoms with Crippen LogP contribution >= 0.6 is 0 Å². The summed E-state index contributed by atoms with van der Waals surface area (Å²) < 4.78 is 0. The number of aliphatic carboxylic acids is 1. The Balaban J connectivity index is 2.63. The Morgan fingerprint density at radius 3 is 2.47 bits per heavy atom. The molecular weight excluding hydrogens is 188 g/mol. The first-order valence-electron chi connectivity index (χ1n) is 4.67. The van der Waals surface area contributed by atoms with Gasteiger partial charge in [-0.15, -0.1) is 0 Å². The van der Waals surface area contributed by atoms with Crippen LogP contribution in [0.4, 0.5) is 0 Å². The van der Waals surface area contributed by atoms with Crippen LogP contribution in [0.3, 0.4) is 0 Å². The number of hydrogen-bond donors (Lipinski definition) is 1.